The number of aromatic nitrogens is 2. The fraction of sp³-hybridized carbons (Fsp3) is 0.522. The van der Waals surface area contributed by atoms with E-state index in [0.717, 1.165) is 30.1 Å². The number of hydrogen-bond donors (Lipinski definition) is 3. The summed E-state index contributed by atoms with van der Waals surface area (Å²) in [5.41, 5.74) is 4.61. The van der Waals surface area contributed by atoms with E-state index >= 15 is 0 Å². The third-order valence-corrected chi connectivity index (χ3v) is 6.69. The zero-order valence-electron chi connectivity index (χ0n) is 20.8. The van der Waals surface area contributed by atoms with Gasteiger partial charge in [0.25, 0.3) is 0 Å². The maximum absolute atomic E-state index is 14.6. The van der Waals surface area contributed by atoms with E-state index in [2.05, 4.69) is 70.9 Å². The molecule has 2 aliphatic heterocycles. The van der Waals surface area contributed by atoms with Crippen molar-refractivity contribution in [2.45, 2.75) is 64.6 Å². The van der Waals surface area contributed by atoms with Gasteiger partial charge in [-0.1, -0.05) is 10.8 Å². The van der Waals surface area contributed by atoms with Gasteiger partial charge in [-0.2, -0.15) is 4.98 Å². The molecule has 1 aromatic carbocycles. The number of hydrazine groups is 2. The lowest BCUT2D eigenvalue weighted by atomic mass is 9.77. The summed E-state index contributed by atoms with van der Waals surface area (Å²) >= 11 is 0. The van der Waals surface area contributed by atoms with Gasteiger partial charge in [0.05, 0.1) is 19.0 Å². The summed E-state index contributed by atoms with van der Waals surface area (Å²) in [4.78, 5) is 16.0. The molecule has 2 aromatic rings. The topological polar surface area (TPSA) is 93.2 Å². The van der Waals surface area contributed by atoms with Gasteiger partial charge >= 0.3 is 0 Å². The first kappa shape index (κ1) is 24.1. The molecule has 1 aromatic heterocycles. The number of benzene rings is 1. The number of nitrogens with one attached hydrogen (secondary N) is 3. The predicted octanol–water partition coefficient (Wildman–Crippen LogP) is 3.86. The van der Waals surface area contributed by atoms with E-state index in [1.165, 1.54) is 18.6 Å². The number of piperidine rings is 1. The molecule has 0 radical (unpaired) electrons. The van der Waals surface area contributed by atoms with Crippen molar-refractivity contribution in [3.63, 3.8) is 0 Å². The highest BCUT2D eigenvalue weighted by Gasteiger charge is 2.43. The molecule has 3 N–H and O–H groups in total. The lowest BCUT2D eigenvalue weighted by Crippen LogP contribution is -2.61. The van der Waals surface area contributed by atoms with Crippen LogP contribution in [0.25, 0.3) is 0 Å². The van der Waals surface area contributed by atoms with Crippen LogP contribution in [0.5, 0.6) is 0 Å². The Bertz CT molecular complexity index is 1040. The van der Waals surface area contributed by atoms with Gasteiger partial charge in [-0.25, -0.2) is 19.2 Å². The molecule has 0 saturated carbocycles. The van der Waals surface area contributed by atoms with Gasteiger partial charge in [0, 0.05) is 22.8 Å². The van der Waals surface area contributed by atoms with Crippen LogP contribution in [0.2, 0.25) is 0 Å². The zero-order chi connectivity index (χ0) is 24.7. The number of halogens is 1. The molecule has 1 saturated heterocycles. The van der Waals surface area contributed by atoms with Gasteiger partial charge in [-0.3, -0.25) is 4.90 Å². The van der Waals surface area contributed by atoms with Crippen molar-refractivity contribution in [1.82, 2.24) is 25.7 Å². The number of hydrazone groups is 1. The van der Waals surface area contributed by atoms with Gasteiger partial charge in [0.15, 0.2) is 11.6 Å². The van der Waals surface area contributed by atoms with E-state index in [4.69, 9.17) is 4.84 Å². The van der Waals surface area contributed by atoms with Gasteiger partial charge in [0.2, 0.25) is 5.95 Å². The summed E-state index contributed by atoms with van der Waals surface area (Å²) in [5.74, 6) is 0.808. The molecule has 0 aliphatic carbocycles. The number of nitrogens with zero attached hydrogens (tertiary/aromatic N) is 6. The highest BCUT2D eigenvalue weighted by atomic mass is 19.1. The second-order valence-corrected chi connectivity index (χ2v) is 10.0. The third-order valence-electron chi connectivity index (χ3n) is 6.69. The Morgan fingerprint density at radius 3 is 2.35 bits per heavy atom. The largest absolute Gasteiger partial charge is 0.365 e. The Hall–Kier alpha value is -3.02. The van der Waals surface area contributed by atoms with Crippen LogP contribution < -0.4 is 21.2 Å². The average Bonchev–Trinajstić information content (AvgIpc) is 3.15. The minimum Gasteiger partial charge on any atom is -0.365 e. The number of likely N-dealkylation sites (tertiary alicyclic amines) is 1. The molecule has 3 heterocycles. The SMILES string of the molecule is CON1N=C(C)N(c2ccc(Nc3ncc(F)c(NC4CC(C)(C)N(C)C(C)(C)C4)n3)cc2)N1. The zero-order valence-corrected chi connectivity index (χ0v) is 20.8. The highest BCUT2D eigenvalue weighted by Crippen LogP contribution is 2.38. The van der Waals surface area contributed by atoms with E-state index in [-0.39, 0.29) is 22.9 Å². The number of rotatable bonds is 6. The maximum atomic E-state index is 14.6. The second kappa shape index (κ2) is 8.97. The molecule has 11 heteroatoms. The molecule has 0 atom stereocenters. The standard InChI is InChI=1S/C23H34FN9O/c1-15-29-33(34-7)30-32(15)18-10-8-16(9-11-18)27-21-25-14-19(24)20(28-21)26-17-12-22(2,3)31(6)23(4,5)13-17/h8-11,14,17,30H,12-13H2,1-7H3,(H2,25,26,27,28). The quantitative estimate of drug-likeness (QED) is 0.581. The summed E-state index contributed by atoms with van der Waals surface area (Å²) in [5, 5.41) is 13.7. The van der Waals surface area contributed by atoms with E-state index in [9.17, 15) is 4.39 Å². The Morgan fingerprint density at radius 1 is 1.12 bits per heavy atom. The van der Waals surface area contributed by atoms with Crippen molar-refractivity contribution >= 4 is 29.0 Å². The molecule has 1 fully saturated rings. The summed E-state index contributed by atoms with van der Waals surface area (Å²) in [6, 6.07) is 7.71. The molecule has 0 bridgehead atoms. The van der Waals surface area contributed by atoms with Crippen LogP contribution in [0.15, 0.2) is 35.6 Å². The molecular weight excluding hydrogens is 437 g/mol. The summed E-state index contributed by atoms with van der Waals surface area (Å²) in [6.07, 6.45) is 2.97. The van der Waals surface area contributed by atoms with Crippen LogP contribution in [0.4, 0.5) is 27.5 Å². The first-order chi connectivity index (χ1) is 16.0. The fourth-order valence-electron chi connectivity index (χ4n) is 4.70. The summed E-state index contributed by atoms with van der Waals surface area (Å²) < 4.78 is 14.6. The summed E-state index contributed by atoms with van der Waals surface area (Å²) in [6.45, 7) is 10.7. The molecular formula is C23H34FN9O. The first-order valence-electron chi connectivity index (χ1n) is 11.3. The minimum atomic E-state index is -0.465. The lowest BCUT2D eigenvalue weighted by Gasteiger charge is -2.53. The van der Waals surface area contributed by atoms with E-state index in [0.29, 0.717) is 5.95 Å². The van der Waals surface area contributed by atoms with Crippen LogP contribution in [-0.4, -0.2) is 57.3 Å². The molecule has 4 rings (SSSR count). The van der Waals surface area contributed by atoms with Crippen molar-refractivity contribution in [2.75, 3.05) is 29.8 Å². The number of amidine groups is 1. The van der Waals surface area contributed by atoms with Crippen molar-refractivity contribution in [1.29, 1.82) is 0 Å². The van der Waals surface area contributed by atoms with Crippen LogP contribution in [0.1, 0.15) is 47.5 Å². The van der Waals surface area contributed by atoms with Crippen molar-refractivity contribution in [2.24, 2.45) is 5.10 Å². The Balaban J connectivity index is 1.45. The second-order valence-electron chi connectivity index (χ2n) is 10.0. The van der Waals surface area contributed by atoms with E-state index < -0.39 is 5.82 Å². The Labute approximate surface area is 200 Å². The third kappa shape index (κ3) is 4.91. The van der Waals surface area contributed by atoms with Crippen molar-refractivity contribution < 1.29 is 9.23 Å². The molecule has 2 aliphatic rings. The molecule has 34 heavy (non-hydrogen) atoms. The molecule has 184 valence electrons. The smallest absolute Gasteiger partial charge is 0.229 e. The van der Waals surface area contributed by atoms with Gasteiger partial charge in [-0.05, 0) is 78.8 Å². The normalized spacial score (nSPS) is 20.4. The monoisotopic (exact) mass is 471 g/mol. The van der Waals surface area contributed by atoms with Crippen molar-refractivity contribution in [3.8, 4) is 0 Å². The fourth-order valence-corrected chi connectivity index (χ4v) is 4.70. The Kier molecular flexibility index (Phi) is 6.36. The van der Waals surface area contributed by atoms with Gasteiger partial charge < -0.3 is 10.6 Å². The average molecular weight is 472 g/mol. The number of anilines is 4. The van der Waals surface area contributed by atoms with E-state index in [1.807, 2.05) is 31.2 Å². The van der Waals surface area contributed by atoms with Crippen LogP contribution in [0.3, 0.4) is 0 Å². The highest BCUT2D eigenvalue weighted by molar-refractivity contribution is 5.95. The van der Waals surface area contributed by atoms with Crippen LogP contribution in [0, 0.1) is 5.82 Å². The molecule has 0 unspecified atom stereocenters. The van der Waals surface area contributed by atoms with E-state index in [1.54, 1.807) is 5.01 Å². The Morgan fingerprint density at radius 2 is 1.76 bits per heavy atom. The first-order valence-corrected chi connectivity index (χ1v) is 11.3. The van der Waals surface area contributed by atoms with Crippen LogP contribution >= 0.6 is 0 Å². The van der Waals surface area contributed by atoms with Gasteiger partial charge in [0.1, 0.15) is 5.84 Å². The van der Waals surface area contributed by atoms with Crippen LogP contribution in [-0.2, 0) is 4.84 Å². The summed E-state index contributed by atoms with van der Waals surface area (Å²) in [7, 11) is 3.68. The number of hydrogen-bond acceptors (Lipinski definition) is 10. The molecule has 10 nitrogen and oxygen atoms in total. The molecule has 0 amide bonds. The van der Waals surface area contributed by atoms with Crippen molar-refractivity contribution in [3.05, 3.63) is 36.3 Å². The lowest BCUT2D eigenvalue weighted by molar-refractivity contribution is -0.162. The predicted molar refractivity (Wildman–Crippen MR) is 132 cm³/mol. The van der Waals surface area contributed by atoms with Gasteiger partial charge in [-0.15, -0.1) is 5.10 Å². The molecule has 0 spiro atoms. The minimum absolute atomic E-state index is 0.0146. The maximum Gasteiger partial charge on any atom is 0.229 e.